The molecule has 27 heavy (non-hydrogen) atoms. The Labute approximate surface area is 191 Å². The third kappa shape index (κ3) is 16.4. The summed E-state index contributed by atoms with van der Waals surface area (Å²) in [5, 5.41) is 9.17. The molecule has 0 aromatic heterocycles. The molecule has 0 amide bonds. The van der Waals surface area contributed by atoms with E-state index in [1.807, 2.05) is 0 Å². The SMILES string of the molecule is CCCCCCCCCCCCCCCCCCC(C)(CO)S(=O)(=O)[O-].[Na+]. The van der Waals surface area contributed by atoms with Gasteiger partial charge in [0.1, 0.15) is 10.1 Å². The summed E-state index contributed by atoms with van der Waals surface area (Å²) < 4.78 is 32.0. The topological polar surface area (TPSA) is 77.4 Å². The van der Waals surface area contributed by atoms with Crippen LogP contribution in [0.1, 0.15) is 123 Å². The summed E-state index contributed by atoms with van der Waals surface area (Å²) in [6.07, 6.45) is 20.4. The van der Waals surface area contributed by atoms with Crippen LogP contribution in [0.4, 0.5) is 0 Å². The van der Waals surface area contributed by atoms with Gasteiger partial charge in [0.15, 0.2) is 0 Å². The summed E-state index contributed by atoms with van der Waals surface area (Å²) in [6, 6.07) is 0. The molecule has 0 bridgehead atoms. The Morgan fingerprint density at radius 3 is 1.26 bits per heavy atom. The molecular weight excluding hydrogens is 371 g/mol. The van der Waals surface area contributed by atoms with Crippen molar-refractivity contribution < 1.29 is 47.6 Å². The molecule has 0 aliphatic rings. The summed E-state index contributed by atoms with van der Waals surface area (Å²) in [4.78, 5) is 0. The van der Waals surface area contributed by atoms with E-state index in [-0.39, 0.29) is 36.0 Å². The normalized spacial score (nSPS) is 13.9. The van der Waals surface area contributed by atoms with Crippen molar-refractivity contribution in [1.29, 1.82) is 0 Å². The molecule has 1 atom stereocenters. The van der Waals surface area contributed by atoms with Crippen molar-refractivity contribution >= 4 is 10.1 Å². The Bertz CT molecular complexity index is 414. The quantitative estimate of drug-likeness (QED) is 0.200. The monoisotopic (exact) mass is 414 g/mol. The van der Waals surface area contributed by atoms with Crippen molar-refractivity contribution in [2.24, 2.45) is 0 Å². The maximum Gasteiger partial charge on any atom is 1.00 e. The van der Waals surface area contributed by atoms with Crippen molar-refractivity contribution in [3.63, 3.8) is 0 Å². The van der Waals surface area contributed by atoms with Crippen LogP contribution in [0.5, 0.6) is 0 Å². The molecule has 0 spiro atoms. The molecule has 0 fully saturated rings. The summed E-state index contributed by atoms with van der Waals surface area (Å²) in [5.41, 5.74) is 0. The molecule has 4 nitrogen and oxygen atoms in total. The summed E-state index contributed by atoms with van der Waals surface area (Å²) in [5.74, 6) is 0. The van der Waals surface area contributed by atoms with Crippen LogP contribution in [0.2, 0.25) is 0 Å². The molecule has 158 valence electrons. The average Bonchev–Trinajstić information content (AvgIpc) is 2.60. The van der Waals surface area contributed by atoms with Gasteiger partial charge in [0.2, 0.25) is 0 Å². The van der Waals surface area contributed by atoms with E-state index in [1.165, 1.54) is 90.4 Å². The first kappa shape index (κ1) is 30.1. The summed E-state index contributed by atoms with van der Waals surface area (Å²) in [7, 11) is -4.44. The molecule has 1 N–H and O–H groups in total. The van der Waals surface area contributed by atoms with Crippen LogP contribution in [0, 0.1) is 0 Å². The van der Waals surface area contributed by atoms with Gasteiger partial charge in [-0.3, -0.25) is 0 Å². The van der Waals surface area contributed by atoms with Crippen LogP contribution in [-0.2, 0) is 10.1 Å². The number of aliphatic hydroxyl groups is 1. The molecular formula is C21H43NaO4S. The molecule has 0 aliphatic carbocycles. The molecule has 0 aromatic carbocycles. The molecule has 0 aliphatic heterocycles. The van der Waals surface area contributed by atoms with Gasteiger partial charge in [-0.15, -0.1) is 0 Å². The van der Waals surface area contributed by atoms with Crippen molar-refractivity contribution in [3.05, 3.63) is 0 Å². The number of rotatable bonds is 19. The van der Waals surface area contributed by atoms with E-state index in [0.717, 1.165) is 12.8 Å². The Morgan fingerprint density at radius 1 is 0.704 bits per heavy atom. The zero-order valence-corrected chi connectivity index (χ0v) is 21.1. The second-order valence-corrected chi connectivity index (χ2v) is 10.0. The van der Waals surface area contributed by atoms with E-state index < -0.39 is 21.5 Å². The van der Waals surface area contributed by atoms with Gasteiger partial charge in [-0.2, -0.15) is 0 Å². The average molecular weight is 415 g/mol. The molecule has 0 heterocycles. The Morgan fingerprint density at radius 2 is 1.00 bits per heavy atom. The van der Waals surface area contributed by atoms with E-state index in [2.05, 4.69) is 6.92 Å². The first-order valence-electron chi connectivity index (χ1n) is 10.9. The van der Waals surface area contributed by atoms with Gasteiger partial charge in [0.05, 0.1) is 11.4 Å². The van der Waals surface area contributed by atoms with Crippen LogP contribution in [0.3, 0.4) is 0 Å². The third-order valence-electron chi connectivity index (χ3n) is 5.50. The molecule has 0 aromatic rings. The van der Waals surface area contributed by atoms with Crippen molar-refractivity contribution in [3.8, 4) is 0 Å². The van der Waals surface area contributed by atoms with E-state index in [9.17, 15) is 13.0 Å². The minimum atomic E-state index is -4.44. The van der Waals surface area contributed by atoms with Gasteiger partial charge in [-0.05, 0) is 13.3 Å². The van der Waals surface area contributed by atoms with Gasteiger partial charge in [-0.1, -0.05) is 110 Å². The molecule has 0 radical (unpaired) electrons. The van der Waals surface area contributed by atoms with Gasteiger partial charge >= 0.3 is 29.6 Å². The molecule has 0 rings (SSSR count). The maximum atomic E-state index is 11.2. The Balaban J connectivity index is 0. The van der Waals surface area contributed by atoms with Crippen molar-refractivity contribution in [2.45, 2.75) is 128 Å². The van der Waals surface area contributed by atoms with Crippen molar-refractivity contribution in [2.75, 3.05) is 6.61 Å². The minimum absolute atomic E-state index is 0. The first-order chi connectivity index (χ1) is 12.4. The van der Waals surface area contributed by atoms with Crippen LogP contribution in [0.25, 0.3) is 0 Å². The predicted molar refractivity (Wildman–Crippen MR) is 109 cm³/mol. The van der Waals surface area contributed by atoms with E-state index >= 15 is 0 Å². The maximum absolute atomic E-state index is 11.2. The fraction of sp³-hybridized carbons (Fsp3) is 1.00. The number of unbranched alkanes of at least 4 members (excludes halogenated alkanes) is 15. The molecule has 1 unspecified atom stereocenters. The van der Waals surface area contributed by atoms with Crippen LogP contribution < -0.4 is 29.6 Å². The first-order valence-corrected chi connectivity index (χ1v) is 12.3. The van der Waals surface area contributed by atoms with E-state index in [4.69, 9.17) is 5.11 Å². The third-order valence-corrected chi connectivity index (χ3v) is 7.04. The second-order valence-electron chi connectivity index (χ2n) is 8.12. The zero-order chi connectivity index (χ0) is 19.7. The van der Waals surface area contributed by atoms with Gasteiger partial charge in [0, 0.05) is 0 Å². The van der Waals surface area contributed by atoms with E-state index in [1.54, 1.807) is 0 Å². The Hall–Kier alpha value is 0.870. The standard InChI is InChI=1S/C21H44O4S.Na/c1-3-4-5-6-7-8-9-10-11-12-13-14-15-16-17-18-19-21(2,20-22)26(23,24)25;/h22H,3-20H2,1-2H3,(H,23,24,25);/q;+1/p-1. The van der Waals surface area contributed by atoms with Gasteiger partial charge in [-0.25, -0.2) is 8.42 Å². The van der Waals surface area contributed by atoms with Crippen LogP contribution >= 0.6 is 0 Å². The number of hydrogen-bond donors (Lipinski definition) is 1. The Kier molecular flexibility index (Phi) is 21.0. The van der Waals surface area contributed by atoms with E-state index in [0.29, 0.717) is 6.42 Å². The molecule has 0 saturated carbocycles. The van der Waals surface area contributed by atoms with Crippen LogP contribution in [0.15, 0.2) is 0 Å². The number of hydrogen-bond acceptors (Lipinski definition) is 4. The zero-order valence-electron chi connectivity index (χ0n) is 18.3. The molecule has 0 saturated heterocycles. The fourth-order valence-electron chi connectivity index (χ4n) is 3.33. The predicted octanol–water partition coefficient (Wildman–Crippen LogP) is 2.94. The molecule has 6 heteroatoms. The smallest absolute Gasteiger partial charge is 0.747 e. The largest absolute Gasteiger partial charge is 1.00 e. The summed E-state index contributed by atoms with van der Waals surface area (Å²) in [6.45, 7) is 3.02. The second kappa shape index (κ2) is 18.9. The van der Waals surface area contributed by atoms with Gasteiger partial charge in [0.25, 0.3) is 0 Å². The fourth-order valence-corrected chi connectivity index (χ4v) is 3.88. The number of aliphatic hydroxyl groups excluding tert-OH is 1. The minimum Gasteiger partial charge on any atom is -0.747 e. The van der Waals surface area contributed by atoms with Crippen molar-refractivity contribution in [1.82, 2.24) is 0 Å². The van der Waals surface area contributed by atoms with Crippen LogP contribution in [-0.4, -0.2) is 29.4 Å². The summed E-state index contributed by atoms with van der Waals surface area (Å²) >= 11 is 0. The van der Waals surface area contributed by atoms with Gasteiger partial charge < -0.3 is 9.66 Å².